The van der Waals surface area contributed by atoms with Crippen molar-refractivity contribution in [3.05, 3.63) is 12.2 Å². The number of allylic oxidation sites excluding steroid dienone is 2. The number of hydrogen-bond donors (Lipinski definition) is 1. The molecule has 5 rings (SSSR count). The smallest absolute Gasteiger partial charge is 0.139 e. The number of rotatable bonds is 2. The fourth-order valence-electron chi connectivity index (χ4n) is 8.97. The van der Waals surface area contributed by atoms with Gasteiger partial charge >= 0.3 is 0 Å². The summed E-state index contributed by atoms with van der Waals surface area (Å²) in [5, 5.41) is 3.49. The van der Waals surface area contributed by atoms with Gasteiger partial charge in [-0.15, -0.1) is 0 Å². The Morgan fingerprint density at radius 1 is 0.897 bits per heavy atom. The summed E-state index contributed by atoms with van der Waals surface area (Å²) in [5.74, 6) is 6.28. The highest BCUT2D eigenvalue weighted by Crippen LogP contribution is 2.67. The Morgan fingerprint density at radius 3 is 2.45 bits per heavy atom. The van der Waals surface area contributed by atoms with Crippen LogP contribution in [-0.2, 0) is 4.79 Å². The summed E-state index contributed by atoms with van der Waals surface area (Å²) in [5.41, 5.74) is 0.552. The average molecular weight is 398 g/mol. The van der Waals surface area contributed by atoms with Crippen LogP contribution in [0.25, 0.3) is 0 Å². The third kappa shape index (κ3) is 3.27. The predicted molar refractivity (Wildman–Crippen MR) is 120 cm³/mol. The second-order valence-electron chi connectivity index (χ2n) is 12.1. The summed E-state index contributed by atoms with van der Waals surface area (Å²) in [6.07, 6.45) is 18.0. The molecule has 1 heterocycles. The maximum atomic E-state index is 12.7. The van der Waals surface area contributed by atoms with Crippen molar-refractivity contribution in [1.82, 2.24) is 5.32 Å². The van der Waals surface area contributed by atoms with Gasteiger partial charge in [-0.25, -0.2) is 0 Å². The number of ketones is 1. The summed E-state index contributed by atoms with van der Waals surface area (Å²) in [7, 11) is 0. The van der Waals surface area contributed by atoms with Gasteiger partial charge in [-0.05, 0) is 118 Å². The molecule has 29 heavy (non-hydrogen) atoms. The van der Waals surface area contributed by atoms with Gasteiger partial charge in [-0.2, -0.15) is 0 Å². The van der Waals surface area contributed by atoms with E-state index >= 15 is 0 Å². The monoisotopic (exact) mass is 397 g/mol. The summed E-state index contributed by atoms with van der Waals surface area (Å²) in [6.45, 7) is 9.92. The number of hydrogen-bond acceptors (Lipinski definition) is 2. The minimum atomic E-state index is 0.0212. The first-order valence-electron chi connectivity index (χ1n) is 12.8. The molecule has 0 aromatic rings. The van der Waals surface area contributed by atoms with Gasteiger partial charge in [0.1, 0.15) is 5.78 Å². The molecule has 1 unspecified atom stereocenters. The van der Waals surface area contributed by atoms with E-state index in [1.165, 1.54) is 70.9 Å². The zero-order chi connectivity index (χ0) is 20.2. The zero-order valence-electron chi connectivity index (χ0n) is 19.1. The lowest BCUT2D eigenvalue weighted by molar-refractivity contribution is -0.148. The number of Topliss-reactive ketones (excluding diaryl/α,β-unsaturated/α-hetero) is 1. The van der Waals surface area contributed by atoms with Crippen molar-refractivity contribution in [1.29, 1.82) is 0 Å². The Kier molecular flexibility index (Phi) is 5.25. The van der Waals surface area contributed by atoms with Gasteiger partial charge in [0, 0.05) is 11.8 Å². The quantitative estimate of drug-likeness (QED) is 0.578. The van der Waals surface area contributed by atoms with Crippen LogP contribution in [0.1, 0.15) is 85.0 Å². The Hall–Kier alpha value is -0.630. The number of carbonyl (C=O) groups excluding carboxylic acids is 1. The van der Waals surface area contributed by atoms with Gasteiger partial charge in [-0.1, -0.05) is 32.9 Å². The molecule has 1 aliphatic heterocycles. The van der Waals surface area contributed by atoms with E-state index in [1.54, 1.807) is 0 Å². The molecule has 4 saturated carbocycles. The highest BCUT2D eigenvalue weighted by molar-refractivity contribution is 5.87. The molecule has 1 saturated heterocycles. The highest BCUT2D eigenvalue weighted by atomic mass is 16.1. The van der Waals surface area contributed by atoms with E-state index in [-0.39, 0.29) is 5.41 Å². The molecule has 2 heteroatoms. The van der Waals surface area contributed by atoms with Crippen molar-refractivity contribution in [2.24, 2.45) is 52.3 Å². The van der Waals surface area contributed by atoms with Gasteiger partial charge in [0.25, 0.3) is 0 Å². The van der Waals surface area contributed by atoms with Crippen LogP contribution in [0.15, 0.2) is 12.2 Å². The van der Waals surface area contributed by atoms with E-state index in [0.29, 0.717) is 17.1 Å². The molecule has 5 aliphatic rings. The number of nitrogens with one attached hydrogen (secondary N) is 1. The molecule has 0 aromatic carbocycles. The summed E-state index contributed by atoms with van der Waals surface area (Å²) in [6, 6.07) is 0. The van der Waals surface area contributed by atoms with E-state index in [1.807, 2.05) is 0 Å². The largest absolute Gasteiger partial charge is 0.317 e. The SMILES string of the molecule is C[C@@H]1CC2C[C@H](/C=C\C3CCNCC3)CC[C@]2(C)[C@H]2CC[C@]3(C)C(=O)CC[C@H]3[C@H]12. The summed E-state index contributed by atoms with van der Waals surface area (Å²) < 4.78 is 0. The van der Waals surface area contributed by atoms with Crippen LogP contribution < -0.4 is 5.32 Å². The molecule has 162 valence electrons. The normalized spacial score (nSPS) is 50.9. The average Bonchev–Trinajstić information content (AvgIpc) is 3.03. The third-order valence-electron chi connectivity index (χ3n) is 10.8. The molecule has 0 aromatic heterocycles. The standard InChI is InChI=1S/C27H43NO/c1-18-16-21-17-20(5-4-19-10-14-28-15-11-19)8-12-26(21,2)23-9-13-27(3)22(25(18)23)6-7-24(27)29/h4-5,18-23,25,28H,6-17H2,1-3H3/b5-4-/t18-,20-,21?,22+,23+,25+,26+,27+/m1/s1. The van der Waals surface area contributed by atoms with Crippen LogP contribution in [0.2, 0.25) is 0 Å². The number of carbonyl (C=O) groups is 1. The van der Waals surface area contributed by atoms with Crippen LogP contribution in [-0.4, -0.2) is 18.9 Å². The van der Waals surface area contributed by atoms with Gasteiger partial charge in [0.15, 0.2) is 0 Å². The molecular formula is C27H43NO. The molecular weight excluding hydrogens is 354 g/mol. The zero-order valence-corrected chi connectivity index (χ0v) is 19.1. The molecule has 0 radical (unpaired) electrons. The van der Waals surface area contributed by atoms with Crippen LogP contribution >= 0.6 is 0 Å². The maximum absolute atomic E-state index is 12.7. The Bertz CT molecular complexity index is 663. The molecule has 0 bridgehead atoms. The first kappa shape index (κ1) is 20.3. The first-order valence-corrected chi connectivity index (χ1v) is 12.8. The van der Waals surface area contributed by atoms with E-state index in [0.717, 1.165) is 41.9 Å². The molecule has 2 nitrogen and oxygen atoms in total. The van der Waals surface area contributed by atoms with Crippen molar-refractivity contribution < 1.29 is 4.79 Å². The number of fused-ring (bicyclic) bond motifs is 5. The fraction of sp³-hybridized carbons (Fsp3) is 0.889. The summed E-state index contributed by atoms with van der Waals surface area (Å²) >= 11 is 0. The van der Waals surface area contributed by atoms with Crippen molar-refractivity contribution in [2.45, 2.75) is 85.0 Å². The van der Waals surface area contributed by atoms with Crippen molar-refractivity contribution in [3.8, 4) is 0 Å². The Balaban J connectivity index is 1.31. The minimum absolute atomic E-state index is 0.0212. The number of piperidine rings is 1. The van der Waals surface area contributed by atoms with Gasteiger partial charge < -0.3 is 5.32 Å². The predicted octanol–water partition coefficient (Wildman–Crippen LogP) is 6.02. The van der Waals surface area contributed by atoms with Gasteiger partial charge in [0.2, 0.25) is 0 Å². The van der Waals surface area contributed by atoms with Gasteiger partial charge in [-0.3, -0.25) is 4.79 Å². The first-order chi connectivity index (χ1) is 13.9. The lowest BCUT2D eigenvalue weighted by Gasteiger charge is -2.62. The second-order valence-corrected chi connectivity index (χ2v) is 12.1. The fourth-order valence-corrected chi connectivity index (χ4v) is 8.97. The van der Waals surface area contributed by atoms with Crippen molar-refractivity contribution >= 4 is 5.78 Å². The molecule has 4 aliphatic carbocycles. The topological polar surface area (TPSA) is 29.1 Å². The summed E-state index contributed by atoms with van der Waals surface area (Å²) in [4.78, 5) is 12.7. The second kappa shape index (κ2) is 7.50. The Morgan fingerprint density at radius 2 is 1.66 bits per heavy atom. The van der Waals surface area contributed by atoms with Crippen molar-refractivity contribution in [2.75, 3.05) is 13.1 Å². The molecule has 5 fully saturated rings. The lowest BCUT2D eigenvalue weighted by atomic mass is 9.42. The van der Waals surface area contributed by atoms with Gasteiger partial charge in [0.05, 0.1) is 0 Å². The minimum Gasteiger partial charge on any atom is -0.317 e. The molecule has 8 atom stereocenters. The van der Waals surface area contributed by atoms with Crippen LogP contribution in [0.3, 0.4) is 0 Å². The van der Waals surface area contributed by atoms with Crippen LogP contribution in [0.4, 0.5) is 0 Å². The van der Waals surface area contributed by atoms with E-state index in [9.17, 15) is 4.79 Å². The van der Waals surface area contributed by atoms with E-state index in [2.05, 4.69) is 38.2 Å². The molecule has 1 N–H and O–H groups in total. The lowest BCUT2D eigenvalue weighted by Crippen LogP contribution is -2.56. The maximum Gasteiger partial charge on any atom is 0.139 e. The van der Waals surface area contributed by atoms with Crippen LogP contribution in [0, 0.1) is 52.3 Å². The molecule has 0 amide bonds. The molecule has 0 spiro atoms. The highest BCUT2D eigenvalue weighted by Gasteiger charge is 2.61. The third-order valence-corrected chi connectivity index (χ3v) is 10.8. The Labute approximate surface area is 178 Å². The van der Waals surface area contributed by atoms with E-state index in [4.69, 9.17) is 0 Å². The van der Waals surface area contributed by atoms with E-state index < -0.39 is 0 Å². The van der Waals surface area contributed by atoms with Crippen molar-refractivity contribution in [3.63, 3.8) is 0 Å². The van der Waals surface area contributed by atoms with Crippen LogP contribution in [0.5, 0.6) is 0 Å².